The fourth-order valence-corrected chi connectivity index (χ4v) is 2.83. The molecule has 32 heavy (non-hydrogen) atoms. The molecule has 0 saturated heterocycles. The molecule has 0 atom stereocenters. The first-order valence-corrected chi connectivity index (χ1v) is 8.58. The zero-order chi connectivity index (χ0) is 18.5. The third kappa shape index (κ3) is 9.95. The van der Waals surface area contributed by atoms with Crippen LogP contribution in [0.3, 0.4) is 0 Å². The van der Waals surface area contributed by atoms with Gasteiger partial charge in [-0.15, -0.1) is 67.9 Å². The zero-order valence-electron chi connectivity index (χ0n) is 17.8. The predicted octanol–water partition coefficient (Wildman–Crippen LogP) is 7.52. The van der Waals surface area contributed by atoms with Crippen LogP contribution in [0.15, 0.2) is 58.8 Å². The molecular weight excluding hydrogens is 757 g/mol. The molecule has 182 valence electrons. The van der Waals surface area contributed by atoms with Crippen LogP contribution in [0.1, 0.15) is 33.6 Å². The number of halogens is 4. The minimum absolute atomic E-state index is 0. The van der Waals surface area contributed by atoms with Gasteiger partial charge in [0.15, 0.2) is 0 Å². The largest absolute Gasteiger partial charge is 0.255 e. The van der Waals surface area contributed by atoms with Crippen molar-refractivity contribution < 1.29 is 33.0 Å². The minimum Gasteiger partial charge on any atom is -0.255 e. The van der Waals surface area contributed by atoms with Crippen molar-refractivity contribution in [2.75, 3.05) is 0 Å². The maximum absolute atomic E-state index is 4.70. The second kappa shape index (κ2) is 19.1. The van der Waals surface area contributed by atoms with Gasteiger partial charge in [0.25, 0.3) is 0 Å². The monoisotopic (exact) mass is 778 g/mol. The van der Waals surface area contributed by atoms with Crippen LogP contribution in [0.2, 0.25) is 0 Å². The Morgan fingerprint density at radius 3 is 1.12 bits per heavy atom. The molecule has 0 unspecified atom stereocenters. The smallest absolute Gasteiger partial charge is 0.0812 e. The molecule has 0 N–H and O–H groups in total. The zero-order valence-corrected chi connectivity index (χ0v) is 26.7. The molecule has 3 rings (SSSR count). The molecule has 1 aromatic carbocycles. The van der Waals surface area contributed by atoms with Crippen LogP contribution in [-0.2, 0) is 33.0 Å². The fraction of sp³-hybridized carbons (Fsp3) is 0.182. The van der Waals surface area contributed by atoms with Crippen LogP contribution >= 0.6 is 67.9 Å². The summed E-state index contributed by atoms with van der Waals surface area (Å²) >= 11 is 0. The van der Waals surface area contributed by atoms with Gasteiger partial charge in [-0.1, -0.05) is 12.1 Å². The third-order valence-corrected chi connectivity index (χ3v) is 4.57. The van der Waals surface area contributed by atoms with Crippen molar-refractivity contribution in [3.63, 3.8) is 0 Å². The average Bonchev–Trinajstić information content (AvgIpc) is 2.68. The van der Waals surface area contributed by atoms with Crippen LogP contribution in [0, 0.1) is 27.7 Å². The van der Waals surface area contributed by atoms with Gasteiger partial charge in [-0.3, -0.25) is 20.0 Å². The van der Waals surface area contributed by atoms with E-state index in [-0.39, 0.29) is 101 Å². The van der Waals surface area contributed by atoms with Gasteiger partial charge >= 0.3 is 0 Å². The molecule has 0 radical (unpaired) electrons. The Hall–Kier alpha value is -0.233. The molecule has 0 aliphatic carbocycles. The molecule has 0 saturated carbocycles. The Balaban J connectivity index is -0.000000653. The van der Waals surface area contributed by atoms with Crippen molar-refractivity contribution in [2.45, 2.75) is 27.7 Å². The third-order valence-electron chi connectivity index (χ3n) is 4.57. The van der Waals surface area contributed by atoms with Crippen LogP contribution in [-0.4, -0.2) is 22.4 Å². The van der Waals surface area contributed by atoms with Crippen LogP contribution in [0.5, 0.6) is 0 Å². The summed E-state index contributed by atoms with van der Waals surface area (Å²) in [5.41, 5.74) is 8.20. The summed E-state index contributed by atoms with van der Waals surface area (Å²) in [6.07, 6.45) is 7.16. The molecule has 0 amide bonds. The van der Waals surface area contributed by atoms with E-state index in [1.807, 2.05) is 48.8 Å². The van der Waals surface area contributed by atoms with Crippen molar-refractivity contribution in [1.82, 2.24) is 9.97 Å². The van der Waals surface area contributed by atoms with Crippen molar-refractivity contribution >= 4 is 91.7 Å². The van der Waals surface area contributed by atoms with E-state index in [0.717, 1.165) is 45.0 Å². The standard InChI is InChI=1S/C22H22N4.4BrH.2Ni/c1-15-16(2)22(26-14-20-10-6-8-12-24-20)18(4)17(3)21(15)25-13-19-9-5-7-11-23-19;;;;;;/h5-14H,1-4H3;4*1H;;. The second-order valence-electron chi connectivity index (χ2n) is 6.22. The number of pyridine rings is 2. The first kappa shape index (κ1) is 39.0. The maximum atomic E-state index is 4.70. The number of rotatable bonds is 4. The summed E-state index contributed by atoms with van der Waals surface area (Å²) in [4.78, 5) is 18.0. The van der Waals surface area contributed by atoms with Crippen LogP contribution in [0.4, 0.5) is 11.4 Å². The topological polar surface area (TPSA) is 50.5 Å². The Labute approximate surface area is 252 Å². The van der Waals surface area contributed by atoms with Gasteiger partial charge in [0.1, 0.15) is 0 Å². The Morgan fingerprint density at radius 1 is 0.562 bits per heavy atom. The molecule has 0 aliphatic rings. The SMILES string of the molecule is Br.Br.Br.Br.Cc1c(C)c(N=Cc2ccccn2)c(C)c(C)c1N=Cc1ccccn1.[Ni].[Ni]. The molecule has 4 nitrogen and oxygen atoms in total. The Morgan fingerprint density at radius 2 is 0.875 bits per heavy atom. The van der Waals surface area contributed by atoms with Gasteiger partial charge in [0, 0.05) is 45.4 Å². The first-order valence-electron chi connectivity index (χ1n) is 8.58. The molecule has 0 bridgehead atoms. The van der Waals surface area contributed by atoms with Crippen LogP contribution in [0.25, 0.3) is 0 Å². The summed E-state index contributed by atoms with van der Waals surface area (Å²) in [5.74, 6) is 0. The molecule has 0 aliphatic heterocycles. The van der Waals surface area contributed by atoms with Crippen molar-refractivity contribution in [2.24, 2.45) is 9.98 Å². The normalized spacial score (nSPS) is 9.38. The molecule has 0 fully saturated rings. The number of benzene rings is 1. The van der Waals surface area contributed by atoms with Gasteiger partial charge in [-0.2, -0.15) is 0 Å². The number of aromatic nitrogens is 2. The predicted molar refractivity (Wildman–Crippen MR) is 150 cm³/mol. The van der Waals surface area contributed by atoms with E-state index in [1.165, 1.54) is 0 Å². The van der Waals surface area contributed by atoms with E-state index in [9.17, 15) is 0 Å². The summed E-state index contributed by atoms with van der Waals surface area (Å²) in [6.45, 7) is 8.36. The summed E-state index contributed by atoms with van der Waals surface area (Å²) < 4.78 is 0. The number of nitrogens with zero attached hydrogens (tertiary/aromatic N) is 4. The summed E-state index contributed by atoms with van der Waals surface area (Å²) in [6, 6.07) is 11.6. The van der Waals surface area contributed by atoms with Crippen molar-refractivity contribution in [3.8, 4) is 0 Å². The Bertz CT molecular complexity index is 877. The number of aliphatic imine (C=N–C) groups is 2. The van der Waals surface area contributed by atoms with Crippen molar-refractivity contribution in [3.05, 3.63) is 82.4 Å². The van der Waals surface area contributed by atoms with Gasteiger partial charge in [0.05, 0.1) is 35.2 Å². The molecule has 2 heterocycles. The summed E-state index contributed by atoms with van der Waals surface area (Å²) in [5, 5.41) is 0. The van der Waals surface area contributed by atoms with Gasteiger partial charge in [-0.25, -0.2) is 0 Å². The van der Waals surface area contributed by atoms with Gasteiger partial charge < -0.3 is 0 Å². The Kier molecular flexibility index (Phi) is 23.3. The van der Waals surface area contributed by atoms with Gasteiger partial charge in [0.2, 0.25) is 0 Å². The molecular formula is C22H26Br4N4Ni2. The van der Waals surface area contributed by atoms with Crippen molar-refractivity contribution in [1.29, 1.82) is 0 Å². The van der Waals surface area contributed by atoms with E-state index in [4.69, 9.17) is 9.98 Å². The van der Waals surface area contributed by atoms with Crippen LogP contribution < -0.4 is 0 Å². The maximum Gasteiger partial charge on any atom is 0.0812 e. The van der Waals surface area contributed by atoms with E-state index >= 15 is 0 Å². The average molecular weight is 783 g/mol. The second-order valence-corrected chi connectivity index (χ2v) is 6.22. The van der Waals surface area contributed by atoms with E-state index in [0.29, 0.717) is 0 Å². The molecule has 10 heteroatoms. The van der Waals surface area contributed by atoms with E-state index in [1.54, 1.807) is 12.4 Å². The molecule has 0 spiro atoms. The molecule has 3 aromatic rings. The minimum atomic E-state index is 0. The quantitative estimate of drug-likeness (QED) is 0.203. The molecule has 2 aromatic heterocycles. The number of hydrogen-bond acceptors (Lipinski definition) is 4. The summed E-state index contributed by atoms with van der Waals surface area (Å²) in [7, 11) is 0. The van der Waals surface area contributed by atoms with Gasteiger partial charge in [-0.05, 0) is 74.2 Å². The van der Waals surface area contributed by atoms with E-state index in [2.05, 4.69) is 37.7 Å². The number of hydrogen-bond donors (Lipinski definition) is 0. The fourth-order valence-electron chi connectivity index (χ4n) is 2.83. The first-order chi connectivity index (χ1) is 12.6. The van der Waals surface area contributed by atoms with E-state index < -0.39 is 0 Å².